The number of pyridine rings is 1. The fourth-order valence-electron chi connectivity index (χ4n) is 3.13. The molecule has 1 aliphatic heterocycles. The number of hydrogen-bond acceptors (Lipinski definition) is 6. The second kappa shape index (κ2) is 6.60. The standard InChI is InChI=1S/C18H19N5O2/c1-13-16(8-20-25-13)12-22-9-14(10-22)11-23-18(24)3-2-17(21-23)15-4-6-19-7-5-15/h2-8,14H,9-12H2,1H3. The van der Waals surface area contributed by atoms with Gasteiger partial charge in [-0.05, 0) is 25.1 Å². The first-order chi connectivity index (χ1) is 12.2. The van der Waals surface area contributed by atoms with Gasteiger partial charge in [0.2, 0.25) is 0 Å². The molecule has 4 rings (SSSR count). The van der Waals surface area contributed by atoms with E-state index in [1.165, 1.54) is 0 Å². The molecule has 3 aromatic rings. The lowest BCUT2D eigenvalue weighted by Gasteiger charge is -2.39. The van der Waals surface area contributed by atoms with E-state index < -0.39 is 0 Å². The van der Waals surface area contributed by atoms with Gasteiger partial charge in [-0.15, -0.1) is 0 Å². The Morgan fingerprint density at radius 2 is 2.00 bits per heavy atom. The summed E-state index contributed by atoms with van der Waals surface area (Å²) >= 11 is 0. The van der Waals surface area contributed by atoms with Gasteiger partial charge in [0.1, 0.15) is 5.76 Å². The highest BCUT2D eigenvalue weighted by atomic mass is 16.5. The molecule has 0 saturated carbocycles. The number of hydrogen-bond donors (Lipinski definition) is 0. The van der Waals surface area contributed by atoms with Crippen LogP contribution in [0.4, 0.5) is 0 Å². The summed E-state index contributed by atoms with van der Waals surface area (Å²) in [6.07, 6.45) is 5.22. The molecule has 0 bridgehead atoms. The zero-order valence-corrected chi connectivity index (χ0v) is 14.0. The van der Waals surface area contributed by atoms with Gasteiger partial charge in [0, 0.05) is 55.1 Å². The third-order valence-electron chi connectivity index (χ3n) is 4.55. The van der Waals surface area contributed by atoms with Crippen molar-refractivity contribution in [2.24, 2.45) is 5.92 Å². The summed E-state index contributed by atoms with van der Waals surface area (Å²) < 4.78 is 6.66. The fourth-order valence-corrected chi connectivity index (χ4v) is 3.13. The van der Waals surface area contributed by atoms with Crippen LogP contribution in [0.5, 0.6) is 0 Å². The van der Waals surface area contributed by atoms with E-state index in [4.69, 9.17) is 4.52 Å². The number of aryl methyl sites for hydroxylation is 1. The molecule has 0 unspecified atom stereocenters. The molecule has 0 atom stereocenters. The van der Waals surface area contributed by atoms with Crippen molar-refractivity contribution >= 4 is 0 Å². The van der Waals surface area contributed by atoms with E-state index in [-0.39, 0.29) is 5.56 Å². The van der Waals surface area contributed by atoms with Crippen molar-refractivity contribution in [3.63, 3.8) is 0 Å². The average molecular weight is 337 g/mol. The second-order valence-corrected chi connectivity index (χ2v) is 6.44. The maximum atomic E-state index is 12.1. The van der Waals surface area contributed by atoms with Crippen molar-refractivity contribution < 1.29 is 4.52 Å². The molecule has 4 heterocycles. The van der Waals surface area contributed by atoms with Crippen LogP contribution in [-0.2, 0) is 13.1 Å². The van der Waals surface area contributed by atoms with Gasteiger partial charge in [0.15, 0.2) is 0 Å². The SMILES string of the molecule is Cc1oncc1CN1CC(Cn2nc(-c3ccncc3)ccc2=O)C1. The molecular formula is C18H19N5O2. The molecule has 1 aliphatic rings. The maximum Gasteiger partial charge on any atom is 0.266 e. The van der Waals surface area contributed by atoms with Gasteiger partial charge in [-0.25, -0.2) is 4.68 Å². The van der Waals surface area contributed by atoms with Gasteiger partial charge < -0.3 is 4.52 Å². The van der Waals surface area contributed by atoms with E-state index in [0.717, 1.165) is 42.2 Å². The molecule has 7 heteroatoms. The van der Waals surface area contributed by atoms with Crippen LogP contribution in [0.15, 0.2) is 52.2 Å². The predicted molar refractivity (Wildman–Crippen MR) is 91.7 cm³/mol. The first-order valence-electron chi connectivity index (χ1n) is 8.30. The van der Waals surface area contributed by atoms with Gasteiger partial charge in [0.25, 0.3) is 5.56 Å². The lowest BCUT2D eigenvalue weighted by molar-refractivity contribution is 0.0763. The van der Waals surface area contributed by atoms with Gasteiger partial charge in [-0.3, -0.25) is 14.7 Å². The predicted octanol–water partition coefficient (Wildman–Crippen LogP) is 1.73. The topological polar surface area (TPSA) is 77.1 Å². The summed E-state index contributed by atoms with van der Waals surface area (Å²) in [7, 11) is 0. The van der Waals surface area contributed by atoms with E-state index >= 15 is 0 Å². The summed E-state index contributed by atoms with van der Waals surface area (Å²) in [4.78, 5) is 18.4. The Bertz CT molecular complexity index is 912. The molecule has 7 nitrogen and oxygen atoms in total. The molecule has 0 radical (unpaired) electrons. The molecule has 0 aliphatic carbocycles. The summed E-state index contributed by atoms with van der Waals surface area (Å²) in [5.41, 5.74) is 2.81. The minimum Gasteiger partial charge on any atom is -0.361 e. The molecule has 0 amide bonds. The van der Waals surface area contributed by atoms with Gasteiger partial charge in [-0.1, -0.05) is 5.16 Å². The second-order valence-electron chi connectivity index (χ2n) is 6.44. The van der Waals surface area contributed by atoms with Crippen LogP contribution >= 0.6 is 0 Å². The van der Waals surface area contributed by atoms with Crippen molar-refractivity contribution in [3.05, 3.63) is 64.5 Å². The Morgan fingerprint density at radius 1 is 1.20 bits per heavy atom. The largest absolute Gasteiger partial charge is 0.361 e. The quantitative estimate of drug-likeness (QED) is 0.706. The highest BCUT2D eigenvalue weighted by Crippen LogP contribution is 2.21. The molecule has 0 aromatic carbocycles. The van der Waals surface area contributed by atoms with Crippen LogP contribution < -0.4 is 5.56 Å². The lowest BCUT2D eigenvalue weighted by Crippen LogP contribution is -2.48. The van der Waals surface area contributed by atoms with Crippen LogP contribution in [0.25, 0.3) is 11.3 Å². The Morgan fingerprint density at radius 3 is 2.72 bits per heavy atom. The number of nitrogens with zero attached hydrogens (tertiary/aromatic N) is 5. The van der Waals surface area contributed by atoms with Crippen molar-refractivity contribution in [2.75, 3.05) is 13.1 Å². The van der Waals surface area contributed by atoms with E-state index in [9.17, 15) is 4.79 Å². The first kappa shape index (κ1) is 15.7. The van der Waals surface area contributed by atoms with Crippen LogP contribution in [0.2, 0.25) is 0 Å². The van der Waals surface area contributed by atoms with E-state index in [0.29, 0.717) is 12.5 Å². The van der Waals surface area contributed by atoms with Crippen molar-refractivity contribution in [1.82, 2.24) is 24.8 Å². The van der Waals surface area contributed by atoms with E-state index in [2.05, 4.69) is 20.1 Å². The van der Waals surface area contributed by atoms with Crippen LogP contribution in [0, 0.1) is 12.8 Å². The van der Waals surface area contributed by atoms with Gasteiger partial charge in [-0.2, -0.15) is 5.10 Å². The number of likely N-dealkylation sites (tertiary alicyclic amines) is 1. The van der Waals surface area contributed by atoms with Crippen molar-refractivity contribution in [3.8, 4) is 11.3 Å². The first-order valence-corrected chi connectivity index (χ1v) is 8.30. The van der Waals surface area contributed by atoms with E-state index in [1.807, 2.05) is 19.1 Å². The fraction of sp³-hybridized carbons (Fsp3) is 0.333. The molecule has 3 aromatic heterocycles. The Balaban J connectivity index is 1.40. The average Bonchev–Trinajstić information content (AvgIpc) is 3.00. The van der Waals surface area contributed by atoms with Crippen LogP contribution in [-0.4, -0.2) is 37.9 Å². The maximum absolute atomic E-state index is 12.1. The van der Waals surface area contributed by atoms with E-state index in [1.54, 1.807) is 35.4 Å². The zero-order valence-electron chi connectivity index (χ0n) is 14.0. The zero-order chi connectivity index (χ0) is 17.2. The Kier molecular flexibility index (Phi) is 4.15. The monoisotopic (exact) mass is 337 g/mol. The molecule has 1 fully saturated rings. The normalized spacial score (nSPS) is 15.2. The highest BCUT2D eigenvalue weighted by molar-refractivity contribution is 5.56. The number of aromatic nitrogens is 4. The lowest BCUT2D eigenvalue weighted by atomic mass is 9.99. The Labute approximate surface area is 144 Å². The third kappa shape index (κ3) is 3.36. The molecule has 25 heavy (non-hydrogen) atoms. The van der Waals surface area contributed by atoms with Crippen molar-refractivity contribution in [1.29, 1.82) is 0 Å². The van der Waals surface area contributed by atoms with Crippen molar-refractivity contribution in [2.45, 2.75) is 20.0 Å². The Hall–Kier alpha value is -2.80. The van der Waals surface area contributed by atoms with Crippen LogP contribution in [0.1, 0.15) is 11.3 Å². The van der Waals surface area contributed by atoms with Crippen LogP contribution in [0.3, 0.4) is 0 Å². The third-order valence-corrected chi connectivity index (χ3v) is 4.55. The van der Waals surface area contributed by atoms with Gasteiger partial charge in [0.05, 0.1) is 18.4 Å². The summed E-state index contributed by atoms with van der Waals surface area (Å²) in [6.45, 7) is 5.28. The minimum atomic E-state index is -0.0638. The summed E-state index contributed by atoms with van der Waals surface area (Å²) in [6, 6.07) is 7.13. The molecule has 1 saturated heterocycles. The minimum absolute atomic E-state index is 0.0638. The molecule has 0 N–H and O–H groups in total. The summed E-state index contributed by atoms with van der Waals surface area (Å²) in [5, 5.41) is 8.32. The summed E-state index contributed by atoms with van der Waals surface area (Å²) in [5.74, 6) is 1.30. The number of rotatable bonds is 5. The van der Waals surface area contributed by atoms with Gasteiger partial charge >= 0.3 is 0 Å². The molecular weight excluding hydrogens is 318 g/mol. The molecule has 128 valence electrons. The highest BCUT2D eigenvalue weighted by Gasteiger charge is 2.28. The molecule has 0 spiro atoms. The smallest absolute Gasteiger partial charge is 0.266 e.